The second kappa shape index (κ2) is 11.8. The summed E-state index contributed by atoms with van der Waals surface area (Å²) in [7, 11) is 1.40. The molecule has 0 aromatic heterocycles. The lowest BCUT2D eigenvalue weighted by molar-refractivity contribution is -0.160. The predicted molar refractivity (Wildman–Crippen MR) is 127 cm³/mol. The van der Waals surface area contributed by atoms with Crippen molar-refractivity contribution in [2.24, 2.45) is 35.0 Å². The lowest BCUT2D eigenvalue weighted by Gasteiger charge is -2.42. The third kappa shape index (κ3) is 6.35. The fourth-order valence-corrected chi connectivity index (χ4v) is 7.10. The Kier molecular flexibility index (Phi) is 9.47. The predicted octanol–water partition coefficient (Wildman–Crippen LogP) is 7.51. The Morgan fingerprint density at radius 3 is 1.94 bits per heavy atom. The van der Waals surface area contributed by atoms with Crippen LogP contribution >= 0.6 is 0 Å². The average Bonchev–Trinajstić information content (AvgIpc) is 2.81. The molecule has 3 saturated carbocycles. The van der Waals surface area contributed by atoms with Crippen LogP contribution in [0.4, 0.5) is 0 Å². The molecule has 3 aliphatic rings. The molecule has 3 fully saturated rings. The first kappa shape index (κ1) is 24.8. The van der Waals surface area contributed by atoms with Crippen molar-refractivity contribution in [2.45, 2.75) is 123 Å². The first-order valence-corrected chi connectivity index (χ1v) is 13.6. The van der Waals surface area contributed by atoms with Crippen LogP contribution in [0.1, 0.15) is 123 Å². The zero-order valence-electron chi connectivity index (χ0n) is 20.6. The first-order valence-electron chi connectivity index (χ1n) is 13.6. The third-order valence-electron chi connectivity index (χ3n) is 9.47. The molecule has 3 heteroatoms. The summed E-state index contributed by atoms with van der Waals surface area (Å²) in [6, 6.07) is 0. The van der Waals surface area contributed by atoms with E-state index in [9.17, 15) is 9.59 Å². The van der Waals surface area contributed by atoms with Gasteiger partial charge in [0, 0.05) is 6.42 Å². The molecule has 0 N–H and O–H groups in total. The van der Waals surface area contributed by atoms with Gasteiger partial charge < -0.3 is 4.74 Å². The average molecular weight is 433 g/mol. The van der Waals surface area contributed by atoms with Gasteiger partial charge >= 0.3 is 5.97 Å². The van der Waals surface area contributed by atoms with Crippen LogP contribution in [-0.4, -0.2) is 18.9 Å². The number of ketones is 1. The molecule has 0 saturated heterocycles. The van der Waals surface area contributed by atoms with Crippen LogP contribution in [0.2, 0.25) is 0 Å². The third-order valence-corrected chi connectivity index (χ3v) is 9.47. The zero-order chi connectivity index (χ0) is 22.3. The van der Waals surface area contributed by atoms with Gasteiger partial charge in [0.2, 0.25) is 0 Å². The van der Waals surface area contributed by atoms with E-state index in [1.165, 1.54) is 97.0 Å². The van der Waals surface area contributed by atoms with Crippen molar-refractivity contribution in [2.75, 3.05) is 7.11 Å². The highest BCUT2D eigenvalue weighted by molar-refractivity contribution is 6.03. The SMILES string of the molecule is CCCCCCCC1CCC(C2CCC([C@@H]3CC[C@](C)(C(=O)OC)C(=O)C3)CC2)CC1. The van der Waals surface area contributed by atoms with Gasteiger partial charge in [0.25, 0.3) is 0 Å². The summed E-state index contributed by atoms with van der Waals surface area (Å²) in [6.45, 7) is 4.08. The highest BCUT2D eigenvalue weighted by Gasteiger charge is 2.47. The van der Waals surface area contributed by atoms with Crippen LogP contribution in [0.25, 0.3) is 0 Å². The van der Waals surface area contributed by atoms with E-state index in [1.54, 1.807) is 6.92 Å². The topological polar surface area (TPSA) is 43.4 Å². The summed E-state index contributed by atoms with van der Waals surface area (Å²) in [5.74, 6) is 3.87. The number of carbonyl (C=O) groups excluding carboxylic acids is 2. The standard InChI is InChI=1S/C28H48O3/c1-4-5-6-7-8-9-21-10-12-22(13-11-21)23-14-16-24(17-15-23)25-18-19-28(2,26(29)20-25)27(30)31-3/h21-25H,4-20H2,1-3H3/t21?,22?,23?,24?,25-,28+/m1/s1. The van der Waals surface area contributed by atoms with Gasteiger partial charge in [-0.05, 0) is 87.9 Å². The minimum atomic E-state index is -0.892. The highest BCUT2D eigenvalue weighted by atomic mass is 16.5. The minimum Gasteiger partial charge on any atom is -0.468 e. The number of hydrogen-bond acceptors (Lipinski definition) is 3. The number of hydrogen-bond donors (Lipinski definition) is 0. The molecule has 178 valence electrons. The Balaban J connectivity index is 1.35. The van der Waals surface area contributed by atoms with E-state index in [0.29, 0.717) is 24.7 Å². The van der Waals surface area contributed by atoms with Gasteiger partial charge in [0.1, 0.15) is 11.2 Å². The molecule has 3 nitrogen and oxygen atoms in total. The minimum absolute atomic E-state index is 0.116. The quantitative estimate of drug-likeness (QED) is 0.215. The molecule has 0 radical (unpaired) electrons. The van der Waals surface area contributed by atoms with E-state index in [4.69, 9.17) is 4.74 Å². The Morgan fingerprint density at radius 2 is 1.39 bits per heavy atom. The molecule has 0 aliphatic heterocycles. The number of Topliss-reactive ketones (excluding diaryl/α,β-unsaturated/α-hetero) is 1. The van der Waals surface area contributed by atoms with Crippen molar-refractivity contribution < 1.29 is 14.3 Å². The number of unbranched alkanes of at least 4 members (excludes halogenated alkanes) is 4. The van der Waals surface area contributed by atoms with E-state index < -0.39 is 5.41 Å². The van der Waals surface area contributed by atoms with Crippen LogP contribution in [0.5, 0.6) is 0 Å². The number of esters is 1. The summed E-state index contributed by atoms with van der Waals surface area (Å²) in [6.07, 6.45) is 22.1. The molecule has 0 bridgehead atoms. The van der Waals surface area contributed by atoms with E-state index in [-0.39, 0.29) is 11.8 Å². The molecule has 3 aliphatic carbocycles. The van der Waals surface area contributed by atoms with Crippen molar-refractivity contribution >= 4 is 11.8 Å². The summed E-state index contributed by atoms with van der Waals surface area (Å²) in [5.41, 5.74) is -0.892. The van der Waals surface area contributed by atoms with Crippen LogP contribution in [0.3, 0.4) is 0 Å². The van der Waals surface area contributed by atoms with Crippen molar-refractivity contribution in [3.63, 3.8) is 0 Å². The monoisotopic (exact) mass is 432 g/mol. The summed E-state index contributed by atoms with van der Waals surface area (Å²) < 4.78 is 4.91. The Hall–Kier alpha value is -0.860. The van der Waals surface area contributed by atoms with Crippen molar-refractivity contribution in [3.05, 3.63) is 0 Å². The smallest absolute Gasteiger partial charge is 0.319 e. The second-order valence-corrected chi connectivity index (χ2v) is 11.4. The van der Waals surface area contributed by atoms with Gasteiger partial charge in [0.15, 0.2) is 0 Å². The number of rotatable bonds is 9. The van der Waals surface area contributed by atoms with Gasteiger partial charge in [-0.1, -0.05) is 58.3 Å². The summed E-state index contributed by atoms with van der Waals surface area (Å²) in [5, 5.41) is 0. The van der Waals surface area contributed by atoms with Gasteiger partial charge in [-0.3, -0.25) is 9.59 Å². The molecule has 0 spiro atoms. The molecule has 0 aromatic carbocycles. The molecular weight excluding hydrogens is 384 g/mol. The van der Waals surface area contributed by atoms with Crippen LogP contribution in [0, 0.1) is 35.0 Å². The van der Waals surface area contributed by atoms with Gasteiger partial charge in [0.05, 0.1) is 7.11 Å². The molecule has 0 aromatic rings. The molecule has 2 atom stereocenters. The number of carbonyl (C=O) groups is 2. The number of methoxy groups -OCH3 is 1. The second-order valence-electron chi connectivity index (χ2n) is 11.4. The van der Waals surface area contributed by atoms with Gasteiger partial charge in [-0.2, -0.15) is 0 Å². The lowest BCUT2D eigenvalue weighted by Crippen LogP contribution is -2.43. The fraction of sp³-hybridized carbons (Fsp3) is 0.929. The van der Waals surface area contributed by atoms with Crippen molar-refractivity contribution in [1.82, 2.24) is 0 Å². The molecule has 0 amide bonds. The molecule has 0 unspecified atom stereocenters. The Labute approximate surface area is 191 Å². The molecule has 31 heavy (non-hydrogen) atoms. The van der Waals surface area contributed by atoms with Crippen LogP contribution < -0.4 is 0 Å². The summed E-state index contributed by atoms with van der Waals surface area (Å²) in [4.78, 5) is 24.8. The van der Waals surface area contributed by atoms with Crippen molar-refractivity contribution in [3.8, 4) is 0 Å². The normalized spacial score (nSPS) is 36.9. The maximum atomic E-state index is 12.7. The van der Waals surface area contributed by atoms with E-state index in [0.717, 1.165) is 24.2 Å². The summed E-state index contributed by atoms with van der Waals surface area (Å²) >= 11 is 0. The van der Waals surface area contributed by atoms with Crippen molar-refractivity contribution in [1.29, 1.82) is 0 Å². The van der Waals surface area contributed by atoms with Crippen LogP contribution in [-0.2, 0) is 14.3 Å². The maximum absolute atomic E-state index is 12.7. The zero-order valence-corrected chi connectivity index (χ0v) is 20.6. The van der Waals surface area contributed by atoms with E-state index >= 15 is 0 Å². The highest BCUT2D eigenvalue weighted by Crippen LogP contribution is 2.47. The largest absolute Gasteiger partial charge is 0.468 e. The Bertz CT molecular complexity index is 569. The molecule has 3 rings (SSSR count). The number of ether oxygens (including phenoxy) is 1. The van der Waals surface area contributed by atoms with Gasteiger partial charge in [-0.25, -0.2) is 0 Å². The maximum Gasteiger partial charge on any atom is 0.319 e. The Morgan fingerprint density at radius 1 is 0.839 bits per heavy atom. The van der Waals surface area contributed by atoms with Crippen LogP contribution in [0.15, 0.2) is 0 Å². The van der Waals surface area contributed by atoms with Gasteiger partial charge in [-0.15, -0.1) is 0 Å². The first-order chi connectivity index (χ1) is 15.0. The van der Waals surface area contributed by atoms with E-state index in [2.05, 4.69) is 6.92 Å². The van der Waals surface area contributed by atoms with E-state index in [1.807, 2.05) is 0 Å². The molecular formula is C28H48O3. The molecule has 0 heterocycles. The lowest BCUT2D eigenvalue weighted by atomic mass is 9.62. The fourth-order valence-electron chi connectivity index (χ4n) is 7.10.